The summed E-state index contributed by atoms with van der Waals surface area (Å²) >= 11 is 0. The van der Waals surface area contributed by atoms with E-state index in [-0.39, 0.29) is 18.5 Å². The van der Waals surface area contributed by atoms with Gasteiger partial charge in [-0.25, -0.2) is 0 Å². The van der Waals surface area contributed by atoms with Gasteiger partial charge in [0.25, 0.3) is 0 Å². The third-order valence-electron chi connectivity index (χ3n) is 6.11. The zero-order valence-electron chi connectivity index (χ0n) is 17.1. The Balaban J connectivity index is 1.45. The van der Waals surface area contributed by atoms with Gasteiger partial charge in [0.1, 0.15) is 6.29 Å². The quantitative estimate of drug-likeness (QED) is 0.359. The highest BCUT2D eigenvalue weighted by atomic mass is 16.5. The van der Waals surface area contributed by atoms with E-state index in [0.29, 0.717) is 31.4 Å². The lowest BCUT2D eigenvalue weighted by Gasteiger charge is -2.41. The van der Waals surface area contributed by atoms with E-state index in [1.807, 2.05) is 7.05 Å². The van der Waals surface area contributed by atoms with Crippen LogP contribution in [0.3, 0.4) is 0 Å². The zero-order valence-corrected chi connectivity index (χ0v) is 17.1. The third kappa shape index (κ3) is 6.33. The maximum absolute atomic E-state index is 10.2. The second-order valence-electron chi connectivity index (χ2n) is 8.37. The van der Waals surface area contributed by atoms with Crippen molar-refractivity contribution >= 4 is 0 Å². The molecule has 0 spiro atoms. The molecule has 0 aromatic rings. The molecule has 1 aliphatic carbocycles. The lowest BCUT2D eigenvalue weighted by molar-refractivity contribution is -0.106. The molecule has 0 aromatic heterocycles. The predicted octanol–water partition coefficient (Wildman–Crippen LogP) is -0.604. The highest BCUT2D eigenvalue weighted by Crippen LogP contribution is 2.25. The Morgan fingerprint density at radius 3 is 2.67 bits per heavy atom. The minimum atomic E-state index is -0.421. The molecule has 2 heterocycles. The molecule has 5 N–H and O–H groups in total. The zero-order chi connectivity index (χ0) is 19.2. The van der Waals surface area contributed by atoms with Gasteiger partial charge in [0.2, 0.25) is 0 Å². The molecule has 3 aliphatic rings. The lowest BCUT2D eigenvalue weighted by Crippen LogP contribution is -2.68. The maximum Gasteiger partial charge on any atom is 0.113 e. The van der Waals surface area contributed by atoms with Gasteiger partial charge in [0.05, 0.1) is 31.1 Å². The van der Waals surface area contributed by atoms with Crippen LogP contribution < -0.4 is 21.3 Å². The van der Waals surface area contributed by atoms with Crippen LogP contribution in [0, 0.1) is 0 Å². The SMILES string of the molecule is CNC1CC(C)NC(NC2CCC(OC)C(OC[C@H](O)CN3CCC3)C2)N1. The number of nitrogens with one attached hydrogen (secondary N) is 4. The number of β-amino-alcohol motifs (C(OH)–C–C–N with tert-alkyl or cyclic N) is 1. The second kappa shape index (κ2) is 10.5. The first-order valence-corrected chi connectivity index (χ1v) is 10.6. The van der Waals surface area contributed by atoms with Crippen LogP contribution in [0.15, 0.2) is 0 Å². The van der Waals surface area contributed by atoms with Crippen LogP contribution in [-0.2, 0) is 9.47 Å². The van der Waals surface area contributed by atoms with Gasteiger partial charge in [0.15, 0.2) is 0 Å². The molecule has 2 aliphatic heterocycles. The average molecular weight is 386 g/mol. The molecule has 3 rings (SSSR count). The van der Waals surface area contributed by atoms with Gasteiger partial charge in [-0.15, -0.1) is 0 Å². The molecule has 158 valence electrons. The van der Waals surface area contributed by atoms with Crippen LogP contribution in [0.5, 0.6) is 0 Å². The van der Waals surface area contributed by atoms with E-state index < -0.39 is 6.10 Å². The Morgan fingerprint density at radius 2 is 2.00 bits per heavy atom. The fourth-order valence-electron chi connectivity index (χ4n) is 4.40. The molecule has 0 radical (unpaired) electrons. The summed E-state index contributed by atoms with van der Waals surface area (Å²) in [5.41, 5.74) is 0. The topological polar surface area (TPSA) is 90.0 Å². The highest BCUT2D eigenvalue weighted by Gasteiger charge is 2.34. The van der Waals surface area contributed by atoms with Gasteiger partial charge in [-0.2, -0.15) is 0 Å². The Bertz CT molecular complexity index is 440. The van der Waals surface area contributed by atoms with Gasteiger partial charge in [0, 0.05) is 25.7 Å². The third-order valence-corrected chi connectivity index (χ3v) is 6.11. The molecule has 0 bridgehead atoms. The molecule has 0 amide bonds. The van der Waals surface area contributed by atoms with Crippen LogP contribution in [0.2, 0.25) is 0 Å². The first kappa shape index (κ1) is 21.4. The number of aliphatic hydroxyl groups is 1. The number of methoxy groups -OCH3 is 1. The summed E-state index contributed by atoms with van der Waals surface area (Å²) in [4.78, 5) is 2.27. The second-order valence-corrected chi connectivity index (χ2v) is 8.37. The number of hydrogen-bond acceptors (Lipinski definition) is 8. The average Bonchev–Trinajstić information content (AvgIpc) is 2.62. The molecule has 2 saturated heterocycles. The summed E-state index contributed by atoms with van der Waals surface area (Å²) in [7, 11) is 3.75. The van der Waals surface area contributed by atoms with Gasteiger partial charge >= 0.3 is 0 Å². The minimum absolute atomic E-state index is 0.0217. The van der Waals surface area contributed by atoms with Gasteiger partial charge < -0.3 is 24.8 Å². The minimum Gasteiger partial charge on any atom is -0.389 e. The molecule has 6 unspecified atom stereocenters. The normalized spacial score (nSPS) is 39.1. The number of likely N-dealkylation sites (tertiary alicyclic amines) is 1. The lowest BCUT2D eigenvalue weighted by atomic mass is 9.90. The molecule has 27 heavy (non-hydrogen) atoms. The van der Waals surface area contributed by atoms with Crippen molar-refractivity contribution < 1.29 is 14.6 Å². The molecule has 0 aromatic carbocycles. The van der Waals surface area contributed by atoms with Crippen molar-refractivity contribution in [3.8, 4) is 0 Å². The van der Waals surface area contributed by atoms with E-state index in [0.717, 1.165) is 38.8 Å². The van der Waals surface area contributed by atoms with E-state index in [2.05, 4.69) is 33.1 Å². The van der Waals surface area contributed by atoms with Crippen molar-refractivity contribution in [1.29, 1.82) is 0 Å². The summed E-state index contributed by atoms with van der Waals surface area (Å²) < 4.78 is 11.8. The summed E-state index contributed by atoms with van der Waals surface area (Å²) in [6.07, 6.45) is 5.35. The summed E-state index contributed by atoms with van der Waals surface area (Å²) in [6, 6.07) is 0.821. The predicted molar refractivity (Wildman–Crippen MR) is 105 cm³/mol. The highest BCUT2D eigenvalue weighted by molar-refractivity contribution is 4.89. The van der Waals surface area contributed by atoms with Crippen LogP contribution in [0.4, 0.5) is 0 Å². The number of hydrogen-bond donors (Lipinski definition) is 5. The van der Waals surface area contributed by atoms with Crippen molar-refractivity contribution in [1.82, 2.24) is 26.2 Å². The molecular weight excluding hydrogens is 346 g/mol. The summed E-state index contributed by atoms with van der Waals surface area (Å²) in [6.45, 7) is 5.51. The van der Waals surface area contributed by atoms with Crippen LogP contribution >= 0.6 is 0 Å². The van der Waals surface area contributed by atoms with Crippen molar-refractivity contribution in [2.24, 2.45) is 0 Å². The van der Waals surface area contributed by atoms with Crippen LogP contribution in [0.25, 0.3) is 0 Å². The van der Waals surface area contributed by atoms with Crippen molar-refractivity contribution in [3.63, 3.8) is 0 Å². The molecule has 3 fully saturated rings. The molecule has 1 saturated carbocycles. The summed E-state index contributed by atoms with van der Waals surface area (Å²) in [5.74, 6) is 0. The number of aliphatic hydroxyl groups excluding tert-OH is 1. The Kier molecular flexibility index (Phi) is 8.28. The molecule has 7 atom stereocenters. The van der Waals surface area contributed by atoms with E-state index >= 15 is 0 Å². The summed E-state index contributed by atoms with van der Waals surface area (Å²) in [5, 5.41) is 24.4. The smallest absolute Gasteiger partial charge is 0.113 e. The molecule has 8 heteroatoms. The standard InChI is InChI=1S/C19H39N5O3/c1-13-9-18(20-2)23-19(21-13)22-14-5-6-16(26-3)17(10-14)27-12-15(25)11-24-7-4-8-24/h13-23,25H,4-12H2,1-3H3/t13?,14?,15-,16?,17?,18?,19?/m1/s1. The fraction of sp³-hybridized carbons (Fsp3) is 1.00. The number of rotatable bonds is 9. The van der Waals surface area contributed by atoms with E-state index in [4.69, 9.17) is 9.47 Å². The first-order chi connectivity index (χ1) is 13.1. The Hall–Kier alpha value is -0.320. The maximum atomic E-state index is 10.2. The molecular formula is C19H39N5O3. The fourth-order valence-corrected chi connectivity index (χ4v) is 4.40. The number of ether oxygens (including phenoxy) is 2. The first-order valence-electron chi connectivity index (χ1n) is 10.6. The number of nitrogens with zero attached hydrogens (tertiary/aromatic N) is 1. The monoisotopic (exact) mass is 385 g/mol. The van der Waals surface area contributed by atoms with E-state index in [9.17, 15) is 5.11 Å². The van der Waals surface area contributed by atoms with Crippen LogP contribution in [0.1, 0.15) is 39.0 Å². The Morgan fingerprint density at radius 1 is 1.19 bits per heavy atom. The van der Waals surface area contributed by atoms with E-state index in [1.165, 1.54) is 6.42 Å². The van der Waals surface area contributed by atoms with Crippen molar-refractivity contribution in [2.75, 3.05) is 40.4 Å². The van der Waals surface area contributed by atoms with E-state index in [1.54, 1.807) is 7.11 Å². The van der Waals surface area contributed by atoms with Crippen molar-refractivity contribution in [2.45, 2.75) is 81.9 Å². The van der Waals surface area contributed by atoms with Crippen molar-refractivity contribution in [3.05, 3.63) is 0 Å². The van der Waals surface area contributed by atoms with Gasteiger partial charge in [-0.3, -0.25) is 16.0 Å². The van der Waals surface area contributed by atoms with Crippen LogP contribution in [-0.4, -0.2) is 93.3 Å². The largest absolute Gasteiger partial charge is 0.389 e. The van der Waals surface area contributed by atoms with Gasteiger partial charge in [-0.1, -0.05) is 0 Å². The molecule has 8 nitrogen and oxygen atoms in total. The van der Waals surface area contributed by atoms with Gasteiger partial charge in [-0.05, 0) is 59.2 Å². The Labute approximate surface area is 163 Å².